The van der Waals surface area contributed by atoms with Crippen molar-refractivity contribution in [3.05, 3.63) is 95.7 Å². The van der Waals surface area contributed by atoms with Crippen LogP contribution in [0.5, 0.6) is 11.5 Å². The van der Waals surface area contributed by atoms with Gasteiger partial charge >= 0.3 is 0 Å². The van der Waals surface area contributed by atoms with Gasteiger partial charge in [-0.3, -0.25) is 4.79 Å². The minimum Gasteiger partial charge on any atom is -0.508 e. The Morgan fingerprint density at radius 3 is 2.55 bits per heavy atom. The van der Waals surface area contributed by atoms with Gasteiger partial charge in [-0.1, -0.05) is 48.5 Å². The van der Waals surface area contributed by atoms with Gasteiger partial charge in [0.05, 0.1) is 11.8 Å². The number of hydrogen-bond donors (Lipinski definition) is 3. The van der Waals surface area contributed by atoms with E-state index in [4.69, 9.17) is 0 Å². The van der Waals surface area contributed by atoms with E-state index >= 15 is 0 Å². The molecule has 4 aromatic rings. The maximum Gasteiger partial charge on any atom is 0.275 e. The summed E-state index contributed by atoms with van der Waals surface area (Å²) in [4.78, 5) is 12.2. The first-order valence-electron chi connectivity index (χ1n) is 9.09. The predicted octanol–water partition coefficient (Wildman–Crippen LogP) is 3.86. The number of nitrogens with zero attached hydrogens (tertiary/aromatic N) is 2. The second-order valence-electron chi connectivity index (χ2n) is 6.62. The number of amides is 1. The molecule has 6 nitrogen and oxygen atoms in total. The third-order valence-electron chi connectivity index (χ3n) is 4.61. The van der Waals surface area contributed by atoms with Crippen LogP contribution in [-0.2, 0) is 6.54 Å². The molecule has 0 radical (unpaired) electrons. The van der Waals surface area contributed by atoms with Crippen LogP contribution in [0.3, 0.4) is 0 Å². The zero-order valence-corrected chi connectivity index (χ0v) is 15.5. The molecule has 1 heterocycles. The van der Waals surface area contributed by atoms with Crippen LogP contribution in [0.2, 0.25) is 0 Å². The number of hydrazone groups is 1. The molecular formula is C23H19N3O3. The highest BCUT2D eigenvalue weighted by Gasteiger charge is 2.11. The van der Waals surface area contributed by atoms with Gasteiger partial charge in [0.1, 0.15) is 11.5 Å². The molecule has 0 saturated carbocycles. The van der Waals surface area contributed by atoms with Gasteiger partial charge in [0.25, 0.3) is 5.91 Å². The summed E-state index contributed by atoms with van der Waals surface area (Å²) < 4.78 is 2.14. The second-order valence-corrected chi connectivity index (χ2v) is 6.62. The van der Waals surface area contributed by atoms with Crippen LogP contribution in [-0.4, -0.2) is 26.9 Å². The van der Waals surface area contributed by atoms with Gasteiger partial charge in [-0.05, 0) is 23.8 Å². The molecule has 6 heteroatoms. The highest BCUT2D eigenvalue weighted by atomic mass is 16.3. The first-order valence-corrected chi connectivity index (χ1v) is 9.09. The van der Waals surface area contributed by atoms with Gasteiger partial charge in [0, 0.05) is 35.3 Å². The van der Waals surface area contributed by atoms with Crippen LogP contribution in [0.1, 0.15) is 21.5 Å². The number of phenolic OH excluding ortho intramolecular Hbond substituents is 2. The van der Waals surface area contributed by atoms with Crippen molar-refractivity contribution in [2.24, 2.45) is 5.10 Å². The molecule has 3 N–H and O–H groups in total. The summed E-state index contributed by atoms with van der Waals surface area (Å²) >= 11 is 0. The van der Waals surface area contributed by atoms with E-state index < -0.39 is 5.91 Å². The van der Waals surface area contributed by atoms with Crippen molar-refractivity contribution in [1.29, 1.82) is 0 Å². The molecule has 0 bridgehead atoms. The van der Waals surface area contributed by atoms with E-state index in [1.54, 1.807) is 6.21 Å². The van der Waals surface area contributed by atoms with Crippen LogP contribution >= 0.6 is 0 Å². The molecule has 1 amide bonds. The standard InChI is InChI=1S/C23H19N3O3/c27-18-10-11-20(22(28)12-18)23(29)25-24-13-17-15-26(14-16-6-2-1-3-7-16)21-9-5-4-8-19(17)21/h1-13,15,27-28H,14H2,(H,25,29)/b24-13+. The Morgan fingerprint density at radius 2 is 1.76 bits per heavy atom. The van der Waals surface area contributed by atoms with Gasteiger partial charge in [0.2, 0.25) is 0 Å². The monoisotopic (exact) mass is 385 g/mol. The maximum absolute atomic E-state index is 12.2. The molecule has 0 aliphatic carbocycles. The van der Waals surface area contributed by atoms with E-state index in [0.717, 1.165) is 29.1 Å². The van der Waals surface area contributed by atoms with E-state index in [2.05, 4.69) is 27.2 Å². The lowest BCUT2D eigenvalue weighted by Gasteiger charge is -2.05. The van der Waals surface area contributed by atoms with Crippen molar-refractivity contribution in [3.8, 4) is 11.5 Å². The summed E-state index contributed by atoms with van der Waals surface area (Å²) in [6.45, 7) is 0.725. The SMILES string of the molecule is O=C(N/N=C/c1cn(Cc2ccccc2)c2ccccc12)c1ccc(O)cc1O. The third-order valence-corrected chi connectivity index (χ3v) is 4.61. The van der Waals surface area contributed by atoms with Crippen LogP contribution in [0.15, 0.2) is 84.1 Å². The first kappa shape index (κ1) is 18.3. The van der Waals surface area contributed by atoms with Crippen molar-refractivity contribution in [3.63, 3.8) is 0 Å². The second kappa shape index (κ2) is 7.90. The predicted molar refractivity (Wildman–Crippen MR) is 112 cm³/mol. The number of fused-ring (bicyclic) bond motifs is 1. The van der Waals surface area contributed by atoms with E-state index in [1.807, 2.05) is 48.7 Å². The molecule has 144 valence electrons. The lowest BCUT2D eigenvalue weighted by molar-refractivity contribution is 0.0952. The molecule has 0 aliphatic heterocycles. The number of hydrogen-bond acceptors (Lipinski definition) is 4. The lowest BCUT2D eigenvalue weighted by Crippen LogP contribution is -2.17. The molecule has 29 heavy (non-hydrogen) atoms. The quantitative estimate of drug-likeness (QED) is 0.360. The number of aromatic nitrogens is 1. The molecule has 0 atom stereocenters. The molecule has 0 fully saturated rings. The van der Waals surface area contributed by atoms with Gasteiger partial charge in [-0.15, -0.1) is 0 Å². The average Bonchev–Trinajstić information content (AvgIpc) is 3.06. The largest absolute Gasteiger partial charge is 0.508 e. The van der Waals surface area contributed by atoms with Crippen molar-refractivity contribution >= 4 is 23.0 Å². The highest BCUT2D eigenvalue weighted by molar-refractivity contribution is 6.01. The van der Waals surface area contributed by atoms with Gasteiger partial charge < -0.3 is 14.8 Å². The zero-order valence-electron chi connectivity index (χ0n) is 15.5. The topological polar surface area (TPSA) is 86.9 Å². The summed E-state index contributed by atoms with van der Waals surface area (Å²) in [5.41, 5.74) is 5.57. The Labute approximate surface area is 167 Å². The molecule has 0 spiro atoms. The van der Waals surface area contributed by atoms with Crippen molar-refractivity contribution in [2.75, 3.05) is 0 Å². The third kappa shape index (κ3) is 3.96. The number of carbonyl (C=O) groups excluding carboxylic acids is 1. The summed E-state index contributed by atoms with van der Waals surface area (Å²) in [7, 11) is 0. The number of benzene rings is 3. The van der Waals surface area contributed by atoms with Crippen molar-refractivity contribution < 1.29 is 15.0 Å². The number of nitrogens with one attached hydrogen (secondary N) is 1. The Bertz CT molecular complexity index is 1200. The number of para-hydroxylation sites is 1. The normalized spacial score (nSPS) is 11.2. The Morgan fingerprint density at radius 1 is 1.00 bits per heavy atom. The Hall–Kier alpha value is -4.06. The fourth-order valence-corrected chi connectivity index (χ4v) is 3.22. The number of aromatic hydroxyl groups is 2. The van der Waals surface area contributed by atoms with Crippen LogP contribution < -0.4 is 5.43 Å². The fraction of sp³-hybridized carbons (Fsp3) is 0.0435. The molecular weight excluding hydrogens is 366 g/mol. The average molecular weight is 385 g/mol. The number of phenols is 2. The van der Waals surface area contributed by atoms with Crippen molar-refractivity contribution in [1.82, 2.24) is 9.99 Å². The molecule has 0 saturated heterocycles. The molecule has 0 unspecified atom stereocenters. The fourth-order valence-electron chi connectivity index (χ4n) is 3.22. The van der Waals surface area contributed by atoms with E-state index in [9.17, 15) is 15.0 Å². The maximum atomic E-state index is 12.2. The molecule has 0 aliphatic rings. The summed E-state index contributed by atoms with van der Waals surface area (Å²) in [6.07, 6.45) is 3.57. The van der Waals surface area contributed by atoms with Gasteiger partial charge in [0.15, 0.2) is 0 Å². The van der Waals surface area contributed by atoms with Gasteiger partial charge in [-0.25, -0.2) is 5.43 Å². The minimum absolute atomic E-state index is 0.0338. The van der Waals surface area contributed by atoms with Crippen LogP contribution in [0.4, 0.5) is 0 Å². The summed E-state index contributed by atoms with van der Waals surface area (Å²) in [6, 6.07) is 21.9. The zero-order chi connectivity index (χ0) is 20.2. The highest BCUT2D eigenvalue weighted by Crippen LogP contribution is 2.23. The van der Waals surface area contributed by atoms with E-state index in [0.29, 0.717) is 0 Å². The van der Waals surface area contributed by atoms with Crippen molar-refractivity contribution in [2.45, 2.75) is 6.54 Å². The lowest BCUT2D eigenvalue weighted by atomic mass is 10.2. The Kier molecular flexibility index (Phi) is 4.99. The smallest absolute Gasteiger partial charge is 0.275 e. The van der Waals surface area contributed by atoms with E-state index in [1.165, 1.54) is 17.7 Å². The molecule has 3 aromatic carbocycles. The summed E-state index contributed by atoms with van der Waals surface area (Å²) in [5, 5.41) is 24.2. The number of rotatable bonds is 5. The van der Waals surface area contributed by atoms with Gasteiger partial charge in [-0.2, -0.15) is 5.10 Å². The Balaban J connectivity index is 1.57. The van der Waals surface area contributed by atoms with Crippen LogP contribution in [0, 0.1) is 0 Å². The number of carbonyl (C=O) groups is 1. The molecule has 1 aromatic heterocycles. The first-order chi connectivity index (χ1) is 14.1. The molecule has 4 rings (SSSR count). The minimum atomic E-state index is -0.563. The van der Waals surface area contributed by atoms with E-state index in [-0.39, 0.29) is 17.1 Å². The van der Waals surface area contributed by atoms with Crippen LogP contribution in [0.25, 0.3) is 10.9 Å². The summed E-state index contributed by atoms with van der Waals surface area (Å²) in [5.74, 6) is -0.988.